The monoisotopic (exact) mass is 393 g/mol. The molecule has 1 aliphatic rings. The van der Waals surface area contributed by atoms with E-state index >= 15 is 0 Å². The number of nitrogens with zero attached hydrogens (tertiary/aromatic N) is 1. The number of hydrogen-bond donors (Lipinski definition) is 2. The van der Waals surface area contributed by atoms with Gasteiger partial charge in [-0.05, 0) is 20.3 Å². The van der Waals surface area contributed by atoms with Gasteiger partial charge in [-0.2, -0.15) is 0 Å². The number of nitrogens with two attached hydrogens (primary N) is 1. The first-order valence-electron chi connectivity index (χ1n) is 8.97. The number of hydrogen-bond acceptors (Lipinski definition) is 7. The maximum atomic E-state index is 12.9. The molecule has 0 aromatic carbocycles. The van der Waals surface area contributed by atoms with E-state index in [0.29, 0.717) is 23.7 Å². The van der Waals surface area contributed by atoms with Gasteiger partial charge in [0, 0.05) is 17.9 Å². The SMILES string of the molecule is C=CCOc1cc([C@@H](CCC)NC(=O)C2(C)CSC(C(C)N)=N2)oc(=O)c1. The predicted octanol–water partition coefficient (Wildman–Crippen LogP) is 2.41. The molecule has 0 aliphatic carbocycles. The van der Waals surface area contributed by atoms with Gasteiger partial charge in [0.25, 0.3) is 0 Å². The van der Waals surface area contributed by atoms with Gasteiger partial charge in [0.2, 0.25) is 5.91 Å². The van der Waals surface area contributed by atoms with Crippen molar-refractivity contribution in [2.75, 3.05) is 12.4 Å². The quantitative estimate of drug-likeness (QED) is 0.624. The maximum Gasteiger partial charge on any atom is 0.339 e. The van der Waals surface area contributed by atoms with E-state index in [-0.39, 0.29) is 18.6 Å². The van der Waals surface area contributed by atoms with E-state index < -0.39 is 17.2 Å². The van der Waals surface area contributed by atoms with Crippen LogP contribution < -0.4 is 21.4 Å². The molecule has 1 aliphatic heterocycles. The maximum absolute atomic E-state index is 12.9. The Morgan fingerprint density at radius 2 is 2.33 bits per heavy atom. The number of carbonyl (C=O) groups is 1. The summed E-state index contributed by atoms with van der Waals surface area (Å²) in [7, 11) is 0. The summed E-state index contributed by atoms with van der Waals surface area (Å²) in [5.74, 6) is 1.06. The molecule has 148 valence electrons. The molecule has 0 spiro atoms. The molecule has 3 N–H and O–H groups in total. The van der Waals surface area contributed by atoms with Gasteiger partial charge in [-0.1, -0.05) is 26.0 Å². The Labute approximate surface area is 163 Å². The molecule has 27 heavy (non-hydrogen) atoms. The van der Waals surface area contributed by atoms with E-state index in [1.807, 2.05) is 13.8 Å². The third-order valence-corrected chi connectivity index (χ3v) is 5.56. The molecule has 0 fully saturated rings. The third kappa shape index (κ3) is 5.46. The first-order valence-corrected chi connectivity index (χ1v) is 9.95. The fraction of sp³-hybridized carbons (Fsp3) is 0.526. The highest BCUT2D eigenvalue weighted by molar-refractivity contribution is 8.14. The predicted molar refractivity (Wildman–Crippen MR) is 108 cm³/mol. The van der Waals surface area contributed by atoms with Crippen molar-refractivity contribution in [2.24, 2.45) is 10.7 Å². The Morgan fingerprint density at radius 3 is 2.93 bits per heavy atom. The van der Waals surface area contributed by atoms with Crippen LogP contribution in [-0.4, -0.2) is 34.9 Å². The minimum absolute atomic E-state index is 0.201. The van der Waals surface area contributed by atoms with Gasteiger partial charge in [-0.15, -0.1) is 11.8 Å². The lowest BCUT2D eigenvalue weighted by atomic mass is 10.0. The number of thioether (sulfide) groups is 1. The van der Waals surface area contributed by atoms with Crippen molar-refractivity contribution in [1.82, 2.24) is 5.32 Å². The molecule has 8 heteroatoms. The van der Waals surface area contributed by atoms with Crippen LogP contribution in [0.5, 0.6) is 5.75 Å². The Morgan fingerprint density at radius 1 is 1.59 bits per heavy atom. The summed E-state index contributed by atoms with van der Waals surface area (Å²) in [6.45, 7) is 9.49. The van der Waals surface area contributed by atoms with Crippen LogP contribution in [0.25, 0.3) is 0 Å². The van der Waals surface area contributed by atoms with E-state index in [9.17, 15) is 9.59 Å². The van der Waals surface area contributed by atoms with E-state index in [1.54, 1.807) is 19.1 Å². The number of nitrogens with one attached hydrogen (secondary N) is 1. The van der Waals surface area contributed by atoms with Crippen molar-refractivity contribution in [3.05, 3.63) is 41.0 Å². The van der Waals surface area contributed by atoms with Crippen molar-refractivity contribution >= 4 is 22.7 Å². The largest absolute Gasteiger partial charge is 0.489 e. The number of amides is 1. The van der Waals surface area contributed by atoms with Gasteiger partial charge in [0.05, 0.1) is 17.2 Å². The number of aliphatic imine (C=N–C) groups is 1. The number of rotatable bonds is 9. The van der Waals surface area contributed by atoms with Crippen molar-refractivity contribution in [3.8, 4) is 5.75 Å². The Hall–Kier alpha value is -2.06. The first kappa shape index (κ1) is 21.2. The molecular weight excluding hydrogens is 366 g/mol. The van der Waals surface area contributed by atoms with E-state index in [1.165, 1.54) is 17.8 Å². The van der Waals surface area contributed by atoms with Crippen molar-refractivity contribution in [2.45, 2.75) is 51.2 Å². The molecule has 1 aromatic heterocycles. The standard InChI is InChI=1S/C19H27N3O4S/c1-5-7-14(15-9-13(25-8-6-2)10-16(23)26-15)21-18(24)19(4)11-27-17(22-19)12(3)20/h6,9-10,12,14H,2,5,7-8,11,20H2,1,3-4H3,(H,21,24)/t12?,14-,19?/m1/s1. The van der Waals surface area contributed by atoms with E-state index in [0.717, 1.165) is 11.5 Å². The van der Waals surface area contributed by atoms with Crippen LogP contribution in [0.2, 0.25) is 0 Å². The average Bonchev–Trinajstić information content (AvgIpc) is 3.03. The zero-order valence-corrected chi connectivity index (χ0v) is 16.8. The van der Waals surface area contributed by atoms with Crippen molar-refractivity contribution in [3.63, 3.8) is 0 Å². The summed E-state index contributed by atoms with van der Waals surface area (Å²) in [5, 5.41) is 3.75. The van der Waals surface area contributed by atoms with Crippen LogP contribution in [0.3, 0.4) is 0 Å². The molecular formula is C19H27N3O4S. The molecule has 1 amide bonds. The zero-order valence-electron chi connectivity index (χ0n) is 16.0. The molecule has 2 heterocycles. The number of ether oxygens (including phenoxy) is 1. The van der Waals surface area contributed by atoms with Crippen LogP contribution >= 0.6 is 11.8 Å². The van der Waals surface area contributed by atoms with Crippen molar-refractivity contribution in [1.29, 1.82) is 0 Å². The highest BCUT2D eigenvalue weighted by atomic mass is 32.2. The summed E-state index contributed by atoms with van der Waals surface area (Å²) in [5.41, 5.74) is 4.46. The molecule has 0 saturated heterocycles. The first-order chi connectivity index (χ1) is 12.8. The lowest BCUT2D eigenvalue weighted by Gasteiger charge is -2.24. The molecule has 1 aromatic rings. The Kier molecular flexibility index (Phi) is 7.26. The average molecular weight is 394 g/mol. The smallest absolute Gasteiger partial charge is 0.339 e. The minimum atomic E-state index is -0.892. The van der Waals surface area contributed by atoms with Gasteiger partial charge in [0.15, 0.2) is 0 Å². The van der Waals surface area contributed by atoms with Gasteiger partial charge < -0.3 is 20.2 Å². The fourth-order valence-electron chi connectivity index (χ4n) is 2.64. The highest BCUT2D eigenvalue weighted by Gasteiger charge is 2.40. The summed E-state index contributed by atoms with van der Waals surface area (Å²) in [6.07, 6.45) is 3.01. The van der Waals surface area contributed by atoms with Crippen molar-refractivity contribution < 1.29 is 13.9 Å². The third-order valence-electron chi connectivity index (χ3n) is 4.09. The van der Waals surface area contributed by atoms with Gasteiger partial charge in [0.1, 0.15) is 23.7 Å². The minimum Gasteiger partial charge on any atom is -0.489 e. The Bertz CT molecular complexity index is 774. The molecule has 0 radical (unpaired) electrons. The summed E-state index contributed by atoms with van der Waals surface area (Å²) >= 11 is 1.50. The number of carbonyl (C=O) groups excluding carboxylic acids is 1. The van der Waals surface area contributed by atoms with Gasteiger partial charge in [-0.25, -0.2) is 4.79 Å². The second-order valence-corrected chi connectivity index (χ2v) is 7.73. The molecule has 7 nitrogen and oxygen atoms in total. The van der Waals surface area contributed by atoms with Crippen LogP contribution in [0.1, 0.15) is 45.4 Å². The molecule has 3 atom stereocenters. The molecule has 0 bridgehead atoms. The second kappa shape index (κ2) is 9.23. The summed E-state index contributed by atoms with van der Waals surface area (Å²) in [6, 6.07) is 2.26. The highest BCUT2D eigenvalue weighted by Crippen LogP contribution is 2.30. The zero-order chi connectivity index (χ0) is 20.0. The van der Waals surface area contributed by atoms with Crippen LogP contribution in [-0.2, 0) is 4.79 Å². The second-order valence-electron chi connectivity index (χ2n) is 6.73. The van der Waals surface area contributed by atoms with Crippen LogP contribution in [0.4, 0.5) is 0 Å². The van der Waals surface area contributed by atoms with Gasteiger partial charge in [-0.3, -0.25) is 9.79 Å². The molecule has 0 saturated carbocycles. The summed E-state index contributed by atoms with van der Waals surface area (Å²) in [4.78, 5) is 29.3. The topological polar surface area (TPSA) is 107 Å². The molecule has 2 rings (SSSR count). The Balaban J connectivity index is 2.23. The lowest BCUT2D eigenvalue weighted by Crippen LogP contribution is -2.45. The molecule has 2 unspecified atom stereocenters. The van der Waals surface area contributed by atoms with Crippen LogP contribution in [0, 0.1) is 0 Å². The normalized spacial score (nSPS) is 21.3. The van der Waals surface area contributed by atoms with Gasteiger partial charge >= 0.3 is 5.63 Å². The summed E-state index contributed by atoms with van der Waals surface area (Å²) < 4.78 is 10.8. The van der Waals surface area contributed by atoms with E-state index in [2.05, 4.69) is 16.9 Å². The van der Waals surface area contributed by atoms with Crippen LogP contribution in [0.15, 0.2) is 39.0 Å². The van der Waals surface area contributed by atoms with E-state index in [4.69, 9.17) is 14.9 Å². The fourth-order valence-corrected chi connectivity index (χ4v) is 3.80. The lowest BCUT2D eigenvalue weighted by molar-refractivity contribution is -0.125.